The highest BCUT2D eigenvalue weighted by Crippen LogP contribution is 2.24. The summed E-state index contributed by atoms with van der Waals surface area (Å²) in [5, 5.41) is 10.4. The van der Waals surface area contributed by atoms with Gasteiger partial charge in [0.2, 0.25) is 15.9 Å². The number of alkyl halides is 3. The van der Waals surface area contributed by atoms with Gasteiger partial charge in [-0.05, 0) is 56.6 Å². The molecule has 0 spiro atoms. The fourth-order valence-corrected chi connectivity index (χ4v) is 5.51. The Morgan fingerprint density at radius 3 is 1.97 bits per heavy atom. The number of rotatable bonds is 10. The fraction of sp³-hybridized carbons (Fsp3) is 0.667. The van der Waals surface area contributed by atoms with Gasteiger partial charge in [-0.15, -0.1) is 0 Å². The third-order valence-corrected chi connectivity index (χ3v) is 8.30. The lowest BCUT2D eigenvalue weighted by Gasteiger charge is -2.30. The number of benzene rings is 1. The lowest BCUT2D eigenvalue weighted by Crippen LogP contribution is -2.47. The van der Waals surface area contributed by atoms with Gasteiger partial charge in [0.1, 0.15) is 0 Å². The number of amides is 1. The molecule has 1 saturated heterocycles. The number of hydrogen-bond acceptors (Lipinski definition) is 6. The van der Waals surface area contributed by atoms with Gasteiger partial charge in [-0.3, -0.25) is 4.79 Å². The minimum atomic E-state index is -5.08. The molecule has 0 unspecified atom stereocenters. The summed E-state index contributed by atoms with van der Waals surface area (Å²) in [5.74, 6) is -2.73. The van der Waals surface area contributed by atoms with E-state index < -0.39 is 22.2 Å². The molecule has 0 aliphatic carbocycles. The number of hydrogen-bond donors (Lipinski definition) is 2. The van der Waals surface area contributed by atoms with E-state index in [0.29, 0.717) is 31.1 Å². The largest absolute Gasteiger partial charge is 0.490 e. The Balaban J connectivity index is 0.000000856. The van der Waals surface area contributed by atoms with Crippen LogP contribution in [-0.2, 0) is 19.6 Å². The topological polar surface area (TPSA) is 110 Å². The van der Waals surface area contributed by atoms with E-state index in [-0.39, 0.29) is 18.9 Å². The SMILES string of the molecule is CCN(CC)CCN(CCC(=O)N1CCNCC1)S(=O)(=O)c1cc(C)c(C)cc1C.O=C(O)C(F)(F)F. The molecule has 1 amide bonds. The van der Waals surface area contributed by atoms with Crippen molar-refractivity contribution in [1.29, 1.82) is 0 Å². The zero-order valence-electron chi connectivity index (χ0n) is 22.2. The van der Waals surface area contributed by atoms with Crippen molar-refractivity contribution in [3.8, 4) is 0 Å². The Labute approximate surface area is 217 Å². The van der Waals surface area contributed by atoms with Crippen molar-refractivity contribution in [1.82, 2.24) is 19.4 Å². The number of likely N-dealkylation sites (N-methyl/N-ethyl adjacent to an activating group) is 1. The van der Waals surface area contributed by atoms with Crippen molar-refractivity contribution in [2.75, 3.05) is 58.9 Å². The third kappa shape index (κ3) is 10.2. The summed E-state index contributed by atoms with van der Waals surface area (Å²) in [6, 6.07) is 3.69. The van der Waals surface area contributed by atoms with Crippen molar-refractivity contribution in [2.45, 2.75) is 52.1 Å². The summed E-state index contributed by atoms with van der Waals surface area (Å²) in [7, 11) is -3.69. The van der Waals surface area contributed by atoms with Crippen LogP contribution in [0.1, 0.15) is 37.0 Å². The van der Waals surface area contributed by atoms with Crippen LogP contribution in [0.15, 0.2) is 17.0 Å². The van der Waals surface area contributed by atoms with Gasteiger partial charge in [-0.25, -0.2) is 13.2 Å². The molecule has 212 valence electrons. The van der Waals surface area contributed by atoms with Gasteiger partial charge in [0, 0.05) is 52.2 Å². The molecule has 1 aliphatic heterocycles. The van der Waals surface area contributed by atoms with E-state index in [4.69, 9.17) is 9.90 Å². The first kappa shape index (κ1) is 32.8. The summed E-state index contributed by atoms with van der Waals surface area (Å²) in [4.78, 5) is 25.9. The van der Waals surface area contributed by atoms with E-state index in [0.717, 1.165) is 42.9 Å². The molecule has 2 rings (SSSR count). The number of nitrogens with one attached hydrogen (secondary N) is 1. The van der Waals surface area contributed by atoms with Gasteiger partial charge in [-0.1, -0.05) is 19.9 Å². The van der Waals surface area contributed by atoms with Gasteiger partial charge in [0.25, 0.3) is 0 Å². The van der Waals surface area contributed by atoms with Crippen molar-refractivity contribution in [2.24, 2.45) is 0 Å². The van der Waals surface area contributed by atoms with Gasteiger partial charge in [-0.2, -0.15) is 17.5 Å². The average Bonchev–Trinajstić information content (AvgIpc) is 2.83. The first-order chi connectivity index (χ1) is 17.1. The Hall–Kier alpha value is -2.22. The highest BCUT2D eigenvalue weighted by molar-refractivity contribution is 7.89. The Kier molecular flexibility index (Phi) is 13.0. The van der Waals surface area contributed by atoms with E-state index in [2.05, 4.69) is 24.1 Å². The second kappa shape index (κ2) is 14.6. The van der Waals surface area contributed by atoms with Crippen LogP contribution in [0.4, 0.5) is 13.2 Å². The second-order valence-electron chi connectivity index (χ2n) is 8.82. The van der Waals surface area contributed by atoms with E-state index in [1.54, 1.807) is 6.07 Å². The molecular weight excluding hydrogens is 513 g/mol. The minimum Gasteiger partial charge on any atom is -0.475 e. The van der Waals surface area contributed by atoms with Gasteiger partial charge >= 0.3 is 12.1 Å². The highest BCUT2D eigenvalue weighted by atomic mass is 32.2. The normalized spacial score (nSPS) is 14.5. The molecule has 0 aromatic heterocycles. The molecular formula is C24H39F3N4O5S. The number of nitrogens with zero attached hydrogens (tertiary/aromatic N) is 3. The van der Waals surface area contributed by atoms with Crippen LogP contribution in [0, 0.1) is 20.8 Å². The molecule has 0 saturated carbocycles. The number of piperazine rings is 1. The minimum absolute atomic E-state index is 0.0244. The molecule has 9 nitrogen and oxygen atoms in total. The lowest BCUT2D eigenvalue weighted by molar-refractivity contribution is -0.192. The Bertz CT molecular complexity index is 1010. The zero-order valence-corrected chi connectivity index (χ0v) is 23.0. The van der Waals surface area contributed by atoms with Crippen LogP contribution >= 0.6 is 0 Å². The van der Waals surface area contributed by atoms with E-state index in [9.17, 15) is 26.4 Å². The van der Waals surface area contributed by atoms with Crippen LogP contribution in [0.3, 0.4) is 0 Å². The second-order valence-corrected chi connectivity index (χ2v) is 10.7. The van der Waals surface area contributed by atoms with Crippen LogP contribution in [0.2, 0.25) is 0 Å². The monoisotopic (exact) mass is 552 g/mol. The number of carboxylic acid groups (broad SMARTS) is 1. The van der Waals surface area contributed by atoms with Crippen LogP contribution < -0.4 is 5.32 Å². The number of aryl methyl sites for hydroxylation is 3. The predicted molar refractivity (Wildman–Crippen MR) is 135 cm³/mol. The molecule has 37 heavy (non-hydrogen) atoms. The maximum Gasteiger partial charge on any atom is 0.490 e. The first-order valence-electron chi connectivity index (χ1n) is 12.2. The van der Waals surface area contributed by atoms with E-state index >= 15 is 0 Å². The molecule has 0 atom stereocenters. The summed E-state index contributed by atoms with van der Waals surface area (Å²) >= 11 is 0. The number of aliphatic carboxylic acids is 1. The molecule has 1 heterocycles. The first-order valence-corrected chi connectivity index (χ1v) is 13.7. The average molecular weight is 553 g/mol. The molecule has 0 bridgehead atoms. The molecule has 13 heteroatoms. The van der Waals surface area contributed by atoms with Crippen molar-refractivity contribution >= 4 is 21.9 Å². The number of carbonyl (C=O) groups excluding carboxylic acids is 1. The summed E-state index contributed by atoms with van der Waals surface area (Å²) in [5.41, 5.74) is 2.79. The smallest absolute Gasteiger partial charge is 0.475 e. The fourth-order valence-electron chi connectivity index (χ4n) is 3.79. The van der Waals surface area contributed by atoms with Crippen molar-refractivity contribution in [3.63, 3.8) is 0 Å². The van der Waals surface area contributed by atoms with E-state index in [1.807, 2.05) is 31.7 Å². The molecule has 1 aromatic rings. The lowest BCUT2D eigenvalue weighted by atomic mass is 10.1. The Morgan fingerprint density at radius 1 is 0.973 bits per heavy atom. The Morgan fingerprint density at radius 2 is 1.49 bits per heavy atom. The van der Waals surface area contributed by atoms with Gasteiger partial charge < -0.3 is 20.2 Å². The van der Waals surface area contributed by atoms with Gasteiger partial charge in [0.15, 0.2) is 0 Å². The van der Waals surface area contributed by atoms with Crippen LogP contribution in [0.25, 0.3) is 0 Å². The van der Waals surface area contributed by atoms with E-state index in [1.165, 1.54) is 4.31 Å². The number of carbonyl (C=O) groups is 2. The van der Waals surface area contributed by atoms with Gasteiger partial charge in [0.05, 0.1) is 4.90 Å². The third-order valence-electron chi connectivity index (χ3n) is 6.26. The molecule has 1 aromatic carbocycles. The number of halogens is 3. The summed E-state index contributed by atoms with van der Waals surface area (Å²) in [6.07, 6.45) is -4.87. The number of carboxylic acids is 1. The van der Waals surface area contributed by atoms with Crippen molar-refractivity contribution in [3.05, 3.63) is 28.8 Å². The molecule has 0 radical (unpaired) electrons. The molecule has 1 fully saturated rings. The zero-order chi connectivity index (χ0) is 28.4. The standard InChI is InChI=1S/C22H38N4O3S.C2HF3O2/c1-6-24(7-2)14-15-26(11-8-22(27)25-12-9-23-10-13-25)30(28,29)21-17-19(4)18(3)16-20(21)5;3-2(4,5)1(6)7/h16-17,23H,6-15H2,1-5H3;(H,6,7). The maximum atomic E-state index is 13.6. The quantitative estimate of drug-likeness (QED) is 0.459. The van der Waals surface area contributed by atoms with Crippen LogP contribution in [0.5, 0.6) is 0 Å². The number of sulfonamides is 1. The molecule has 2 N–H and O–H groups in total. The summed E-state index contributed by atoms with van der Waals surface area (Å²) < 4.78 is 60.4. The highest BCUT2D eigenvalue weighted by Gasteiger charge is 2.38. The predicted octanol–water partition coefficient (Wildman–Crippen LogP) is 2.40. The maximum absolute atomic E-state index is 13.6. The van der Waals surface area contributed by atoms with Crippen molar-refractivity contribution < 1.29 is 36.3 Å². The molecule has 1 aliphatic rings. The summed E-state index contributed by atoms with van der Waals surface area (Å²) in [6.45, 7) is 15.8. The van der Waals surface area contributed by atoms with Crippen LogP contribution in [-0.4, -0.2) is 105 Å².